The van der Waals surface area contributed by atoms with Gasteiger partial charge in [-0.25, -0.2) is 0 Å². The van der Waals surface area contributed by atoms with Crippen LogP contribution in [0.15, 0.2) is 40.2 Å². The summed E-state index contributed by atoms with van der Waals surface area (Å²) in [5, 5.41) is 2.98. The first-order valence-electron chi connectivity index (χ1n) is 7.62. The van der Waals surface area contributed by atoms with Crippen molar-refractivity contribution in [2.45, 2.75) is 13.1 Å². The zero-order valence-corrected chi connectivity index (χ0v) is 15.2. The highest BCUT2D eigenvalue weighted by molar-refractivity contribution is 9.11. The van der Waals surface area contributed by atoms with E-state index in [1.54, 1.807) is 0 Å². The number of carbonyl (C=O) groups is 1. The maximum Gasteiger partial charge on any atom is 0.261 e. The van der Waals surface area contributed by atoms with Gasteiger partial charge in [0.1, 0.15) is 0 Å². The van der Waals surface area contributed by atoms with Gasteiger partial charge in [-0.2, -0.15) is 0 Å². The Kier molecular flexibility index (Phi) is 5.83. The van der Waals surface area contributed by atoms with Crippen LogP contribution in [0.4, 0.5) is 0 Å². The number of nitrogens with one attached hydrogen (secondary N) is 1. The van der Waals surface area contributed by atoms with Crippen LogP contribution in [0.2, 0.25) is 0 Å². The molecule has 1 aromatic heterocycles. The maximum absolute atomic E-state index is 12.1. The summed E-state index contributed by atoms with van der Waals surface area (Å²) in [4.78, 5) is 15.2. The van der Waals surface area contributed by atoms with Gasteiger partial charge in [0.05, 0.1) is 21.9 Å². The molecule has 122 valence electrons. The topological polar surface area (TPSA) is 41.6 Å². The molecule has 0 atom stereocenters. The lowest BCUT2D eigenvalue weighted by molar-refractivity contribution is 0.0342. The van der Waals surface area contributed by atoms with Gasteiger partial charge in [0.2, 0.25) is 0 Å². The maximum atomic E-state index is 12.1. The fraction of sp³-hybridized carbons (Fsp3) is 0.353. The Balaban J connectivity index is 1.55. The van der Waals surface area contributed by atoms with E-state index in [0.717, 1.165) is 47.1 Å². The Morgan fingerprint density at radius 1 is 1.22 bits per heavy atom. The van der Waals surface area contributed by atoms with Crippen LogP contribution >= 0.6 is 27.3 Å². The number of nitrogens with zero attached hydrogens (tertiary/aromatic N) is 1. The molecule has 1 aliphatic heterocycles. The van der Waals surface area contributed by atoms with E-state index in [-0.39, 0.29) is 5.91 Å². The van der Waals surface area contributed by atoms with E-state index in [2.05, 4.69) is 44.3 Å². The number of halogens is 1. The number of carbonyl (C=O) groups excluding carboxylic acids is 1. The first kappa shape index (κ1) is 16.6. The van der Waals surface area contributed by atoms with E-state index in [0.29, 0.717) is 6.54 Å². The van der Waals surface area contributed by atoms with Crippen molar-refractivity contribution < 1.29 is 9.53 Å². The molecule has 2 heterocycles. The molecule has 6 heteroatoms. The Morgan fingerprint density at radius 2 is 2.00 bits per heavy atom. The highest BCUT2D eigenvalue weighted by Crippen LogP contribution is 2.22. The lowest BCUT2D eigenvalue weighted by Crippen LogP contribution is -2.35. The van der Waals surface area contributed by atoms with Crippen molar-refractivity contribution in [2.24, 2.45) is 0 Å². The van der Waals surface area contributed by atoms with Gasteiger partial charge in [0, 0.05) is 26.2 Å². The summed E-state index contributed by atoms with van der Waals surface area (Å²) in [6.45, 7) is 5.06. The molecule has 0 aliphatic carbocycles. The van der Waals surface area contributed by atoms with E-state index in [4.69, 9.17) is 4.74 Å². The first-order valence-corrected chi connectivity index (χ1v) is 9.23. The third-order valence-electron chi connectivity index (χ3n) is 3.75. The van der Waals surface area contributed by atoms with Crippen molar-refractivity contribution in [1.29, 1.82) is 0 Å². The van der Waals surface area contributed by atoms with Crippen LogP contribution in [0.1, 0.15) is 20.8 Å². The third-order valence-corrected chi connectivity index (χ3v) is 5.37. The summed E-state index contributed by atoms with van der Waals surface area (Å²) in [5.74, 6) is -0.0284. The molecule has 2 aromatic rings. The molecular formula is C17H19BrN2O2S. The lowest BCUT2D eigenvalue weighted by Gasteiger charge is -2.26. The number of rotatable bonds is 5. The summed E-state index contributed by atoms with van der Waals surface area (Å²) in [6, 6.07) is 12.1. The Morgan fingerprint density at radius 3 is 2.74 bits per heavy atom. The van der Waals surface area contributed by atoms with Crippen LogP contribution < -0.4 is 5.32 Å². The van der Waals surface area contributed by atoms with Crippen LogP contribution in [0, 0.1) is 0 Å². The molecule has 4 nitrogen and oxygen atoms in total. The number of hydrogen-bond acceptors (Lipinski definition) is 4. The van der Waals surface area contributed by atoms with Crippen LogP contribution in [0.5, 0.6) is 0 Å². The normalized spacial score (nSPS) is 15.5. The third kappa shape index (κ3) is 4.88. The van der Waals surface area contributed by atoms with Crippen LogP contribution in [-0.2, 0) is 17.8 Å². The highest BCUT2D eigenvalue weighted by atomic mass is 79.9. The number of amides is 1. The quantitative estimate of drug-likeness (QED) is 0.845. The summed E-state index contributed by atoms with van der Waals surface area (Å²) in [5.41, 5.74) is 2.40. The predicted octanol–water partition coefficient (Wildman–Crippen LogP) is 3.27. The van der Waals surface area contributed by atoms with E-state index >= 15 is 0 Å². The van der Waals surface area contributed by atoms with E-state index in [9.17, 15) is 4.79 Å². The predicted molar refractivity (Wildman–Crippen MR) is 95.7 cm³/mol. The van der Waals surface area contributed by atoms with Gasteiger partial charge in [-0.3, -0.25) is 9.69 Å². The molecule has 23 heavy (non-hydrogen) atoms. The van der Waals surface area contributed by atoms with Gasteiger partial charge in [0.15, 0.2) is 0 Å². The largest absolute Gasteiger partial charge is 0.379 e. The molecule has 0 radical (unpaired) electrons. The molecule has 0 saturated carbocycles. The van der Waals surface area contributed by atoms with Gasteiger partial charge >= 0.3 is 0 Å². The molecule has 1 aromatic carbocycles. The lowest BCUT2D eigenvalue weighted by atomic mass is 10.1. The Bertz CT molecular complexity index is 668. The summed E-state index contributed by atoms with van der Waals surface area (Å²) in [6.07, 6.45) is 0. The second-order valence-corrected chi connectivity index (χ2v) is 7.96. The SMILES string of the molecule is O=C(NCc1cccc(CN2CCOCC2)c1)c1ccc(Br)s1. The number of thiophene rings is 1. The highest BCUT2D eigenvalue weighted by Gasteiger charge is 2.11. The van der Waals surface area contributed by atoms with E-state index < -0.39 is 0 Å². The second-order valence-electron chi connectivity index (χ2n) is 5.49. The summed E-state index contributed by atoms with van der Waals surface area (Å²) < 4.78 is 6.35. The molecule has 1 N–H and O–H groups in total. The molecule has 1 fully saturated rings. The average molecular weight is 395 g/mol. The smallest absolute Gasteiger partial charge is 0.261 e. The Labute approximate surface area is 148 Å². The zero-order chi connectivity index (χ0) is 16.1. The van der Waals surface area contributed by atoms with Gasteiger partial charge in [-0.1, -0.05) is 24.3 Å². The van der Waals surface area contributed by atoms with Crippen molar-refractivity contribution in [3.8, 4) is 0 Å². The van der Waals surface area contributed by atoms with Crippen LogP contribution in [-0.4, -0.2) is 37.1 Å². The van der Waals surface area contributed by atoms with Crippen molar-refractivity contribution in [1.82, 2.24) is 10.2 Å². The van der Waals surface area contributed by atoms with Crippen molar-refractivity contribution in [2.75, 3.05) is 26.3 Å². The van der Waals surface area contributed by atoms with Crippen molar-refractivity contribution >= 4 is 33.2 Å². The molecule has 1 aliphatic rings. The fourth-order valence-corrected chi connectivity index (χ4v) is 3.86. The van der Waals surface area contributed by atoms with Gasteiger partial charge in [0.25, 0.3) is 5.91 Å². The molecular weight excluding hydrogens is 376 g/mol. The molecule has 1 saturated heterocycles. The van der Waals surface area contributed by atoms with Crippen LogP contribution in [0.3, 0.4) is 0 Å². The molecule has 0 spiro atoms. The summed E-state index contributed by atoms with van der Waals surface area (Å²) >= 11 is 4.82. The number of ether oxygens (including phenoxy) is 1. The van der Waals surface area contributed by atoms with Crippen LogP contribution in [0.25, 0.3) is 0 Å². The average Bonchev–Trinajstić information content (AvgIpc) is 3.01. The zero-order valence-electron chi connectivity index (χ0n) is 12.8. The fourth-order valence-electron chi connectivity index (χ4n) is 2.56. The minimum Gasteiger partial charge on any atom is -0.379 e. The van der Waals surface area contributed by atoms with E-state index in [1.807, 2.05) is 18.2 Å². The monoisotopic (exact) mass is 394 g/mol. The second kappa shape index (κ2) is 8.06. The van der Waals surface area contributed by atoms with Crippen molar-refractivity contribution in [3.05, 3.63) is 56.2 Å². The number of hydrogen-bond donors (Lipinski definition) is 1. The van der Waals surface area contributed by atoms with Gasteiger partial charge in [-0.05, 0) is 39.2 Å². The minimum absolute atomic E-state index is 0.0284. The van der Waals surface area contributed by atoms with Gasteiger partial charge in [-0.15, -0.1) is 11.3 Å². The minimum atomic E-state index is -0.0284. The van der Waals surface area contributed by atoms with Gasteiger partial charge < -0.3 is 10.1 Å². The van der Waals surface area contributed by atoms with Crippen molar-refractivity contribution in [3.63, 3.8) is 0 Å². The molecule has 0 bridgehead atoms. The number of morpholine rings is 1. The molecule has 1 amide bonds. The summed E-state index contributed by atoms with van der Waals surface area (Å²) in [7, 11) is 0. The first-order chi connectivity index (χ1) is 11.2. The molecule has 3 rings (SSSR count). The van der Waals surface area contributed by atoms with E-state index in [1.165, 1.54) is 16.9 Å². The number of benzene rings is 1. The standard InChI is InChI=1S/C17H19BrN2O2S/c18-16-5-4-15(23-16)17(21)19-11-13-2-1-3-14(10-13)12-20-6-8-22-9-7-20/h1-5,10H,6-9,11-12H2,(H,19,21). The Hall–Kier alpha value is -1.21. The molecule has 0 unspecified atom stereocenters.